The van der Waals surface area contributed by atoms with Crippen molar-refractivity contribution in [3.63, 3.8) is 0 Å². The highest BCUT2D eigenvalue weighted by atomic mass is 32.2. The number of nitrogens with zero attached hydrogens (tertiary/aromatic N) is 1. The fourth-order valence-electron chi connectivity index (χ4n) is 3.70. The number of carbonyl (C=O) groups is 1. The number of thioether (sulfide) groups is 1. The van der Waals surface area contributed by atoms with Gasteiger partial charge in [-0.15, -0.1) is 11.8 Å². The van der Waals surface area contributed by atoms with Crippen molar-refractivity contribution in [3.8, 4) is 0 Å². The molecule has 150 valence electrons. The maximum absolute atomic E-state index is 13.7. The van der Waals surface area contributed by atoms with E-state index in [0.717, 1.165) is 25.5 Å². The highest BCUT2D eigenvalue weighted by molar-refractivity contribution is 8.00. The Morgan fingerprint density at radius 3 is 3.00 bits per heavy atom. The highest BCUT2D eigenvalue weighted by Gasteiger charge is 2.38. The van der Waals surface area contributed by atoms with Crippen molar-refractivity contribution in [2.24, 2.45) is 17.8 Å². The van der Waals surface area contributed by atoms with Crippen molar-refractivity contribution < 1.29 is 18.7 Å². The van der Waals surface area contributed by atoms with Gasteiger partial charge in [0.05, 0.1) is 6.20 Å². The summed E-state index contributed by atoms with van der Waals surface area (Å²) < 4.78 is 25.2. The molecule has 2 heterocycles. The second kappa shape index (κ2) is 8.60. The van der Waals surface area contributed by atoms with Gasteiger partial charge in [0, 0.05) is 5.75 Å². The minimum absolute atomic E-state index is 0.0912. The molecule has 1 aromatic rings. The van der Waals surface area contributed by atoms with Gasteiger partial charge in [0.15, 0.2) is 5.82 Å². The van der Waals surface area contributed by atoms with E-state index in [0.29, 0.717) is 23.5 Å². The minimum Gasteiger partial charge on any atom is -0.459 e. The number of anilines is 1. The third-order valence-electron chi connectivity index (χ3n) is 5.18. The molecule has 1 aromatic heterocycles. The summed E-state index contributed by atoms with van der Waals surface area (Å²) in [5.41, 5.74) is -1.42. The summed E-state index contributed by atoms with van der Waals surface area (Å²) in [6.07, 6.45) is 3.24. The summed E-state index contributed by atoms with van der Waals surface area (Å²) >= 11 is 1.30. The molecule has 7 nitrogen and oxygen atoms in total. The number of esters is 1. The van der Waals surface area contributed by atoms with E-state index in [1.807, 2.05) is 0 Å². The molecule has 1 saturated carbocycles. The fourth-order valence-corrected chi connectivity index (χ4v) is 4.62. The number of hydrogen-bond acceptors (Lipinski definition) is 7. The first kappa shape index (κ1) is 20.1. The van der Waals surface area contributed by atoms with E-state index < -0.39 is 29.1 Å². The van der Waals surface area contributed by atoms with Gasteiger partial charge in [-0.1, -0.05) is 27.2 Å². The third-order valence-corrected chi connectivity index (χ3v) is 6.28. The van der Waals surface area contributed by atoms with Gasteiger partial charge >= 0.3 is 11.7 Å². The zero-order chi connectivity index (χ0) is 19.6. The van der Waals surface area contributed by atoms with Gasteiger partial charge in [0.1, 0.15) is 18.1 Å². The average Bonchev–Trinajstić information content (AvgIpc) is 3.06. The molecule has 9 heteroatoms. The first-order chi connectivity index (χ1) is 12.8. The van der Waals surface area contributed by atoms with Crippen molar-refractivity contribution >= 4 is 23.5 Å². The lowest BCUT2D eigenvalue weighted by atomic mass is 9.75. The molecular formula is C18H26FN3O4S. The number of H-pyrrole nitrogens is 1. The van der Waals surface area contributed by atoms with Gasteiger partial charge in [0.25, 0.3) is 0 Å². The van der Waals surface area contributed by atoms with E-state index in [4.69, 9.17) is 9.47 Å². The molecule has 0 spiro atoms. The van der Waals surface area contributed by atoms with E-state index in [-0.39, 0.29) is 11.9 Å². The van der Waals surface area contributed by atoms with Crippen LogP contribution < -0.4 is 11.0 Å². The van der Waals surface area contributed by atoms with E-state index in [9.17, 15) is 14.0 Å². The molecule has 3 rings (SSSR count). The van der Waals surface area contributed by atoms with Crippen LogP contribution in [0.25, 0.3) is 0 Å². The van der Waals surface area contributed by atoms with E-state index in [1.54, 1.807) is 0 Å². The van der Waals surface area contributed by atoms with Gasteiger partial charge in [0.2, 0.25) is 5.44 Å². The van der Waals surface area contributed by atoms with Crippen LogP contribution in [0, 0.1) is 23.6 Å². The summed E-state index contributed by atoms with van der Waals surface area (Å²) in [6.45, 7) is 6.50. The lowest BCUT2D eigenvalue weighted by molar-refractivity contribution is -0.164. The Bertz CT molecular complexity index is 729. The molecule has 2 N–H and O–H groups in total. The number of aromatic nitrogens is 2. The molecule has 0 bridgehead atoms. The molecule has 2 fully saturated rings. The van der Waals surface area contributed by atoms with Crippen LogP contribution in [0.15, 0.2) is 11.0 Å². The zero-order valence-electron chi connectivity index (χ0n) is 15.7. The molecule has 0 aromatic carbocycles. The van der Waals surface area contributed by atoms with Crippen LogP contribution in [0.4, 0.5) is 10.2 Å². The number of nitrogens with one attached hydrogen (secondary N) is 2. The van der Waals surface area contributed by atoms with Gasteiger partial charge in [-0.25, -0.2) is 14.0 Å². The molecule has 27 heavy (non-hydrogen) atoms. The number of aromatic amines is 1. The Hall–Kier alpha value is -1.61. The van der Waals surface area contributed by atoms with Crippen LogP contribution in [0.5, 0.6) is 0 Å². The number of rotatable bonds is 5. The van der Waals surface area contributed by atoms with Crippen LogP contribution in [0.2, 0.25) is 0 Å². The molecule has 1 aliphatic heterocycles. The Morgan fingerprint density at radius 2 is 2.26 bits per heavy atom. The average molecular weight is 399 g/mol. The van der Waals surface area contributed by atoms with Crippen molar-refractivity contribution in [1.82, 2.24) is 9.97 Å². The van der Waals surface area contributed by atoms with Crippen LogP contribution in [-0.4, -0.2) is 39.5 Å². The smallest absolute Gasteiger partial charge is 0.346 e. The molecule has 2 unspecified atom stereocenters. The SMILES string of the molecule is CC(C)C1CC[C@@H](C)CC1OC(=O)[C@H]1O[C@@H](Nc2[nH]c(=O)ncc2F)CS1. The Labute approximate surface area is 161 Å². The third kappa shape index (κ3) is 5.01. The van der Waals surface area contributed by atoms with Crippen molar-refractivity contribution in [1.29, 1.82) is 0 Å². The van der Waals surface area contributed by atoms with E-state index in [1.165, 1.54) is 11.8 Å². The maximum Gasteiger partial charge on any atom is 0.346 e. The van der Waals surface area contributed by atoms with Gasteiger partial charge in [-0.2, -0.15) is 4.98 Å². The largest absolute Gasteiger partial charge is 0.459 e. The Morgan fingerprint density at radius 1 is 1.48 bits per heavy atom. The lowest BCUT2D eigenvalue weighted by Gasteiger charge is -2.37. The summed E-state index contributed by atoms with van der Waals surface area (Å²) in [6, 6.07) is 0. The van der Waals surface area contributed by atoms with Gasteiger partial charge < -0.3 is 14.8 Å². The first-order valence-electron chi connectivity index (χ1n) is 9.32. The summed E-state index contributed by atoms with van der Waals surface area (Å²) in [4.78, 5) is 29.4. The van der Waals surface area contributed by atoms with Crippen LogP contribution in [0.1, 0.15) is 40.0 Å². The second-order valence-corrected chi connectivity index (χ2v) is 8.74. The van der Waals surface area contributed by atoms with Crippen LogP contribution in [0.3, 0.4) is 0 Å². The summed E-state index contributed by atoms with van der Waals surface area (Å²) in [5.74, 6) is 0.599. The molecular weight excluding hydrogens is 373 g/mol. The predicted octanol–water partition coefficient (Wildman–Crippen LogP) is 2.74. The molecule has 0 radical (unpaired) electrons. The van der Waals surface area contributed by atoms with Crippen molar-refractivity contribution in [2.75, 3.05) is 11.1 Å². The molecule has 1 aliphatic carbocycles. The lowest BCUT2D eigenvalue weighted by Crippen LogP contribution is -2.38. The standard InChI is InChI=1S/C18H26FN3O4S/c1-9(2)11-5-4-10(3)6-13(11)25-16(23)17-26-14(8-27-17)21-15-12(19)7-20-18(24)22-15/h7,9-11,13-14,17H,4-6,8H2,1-3H3,(H2,20,21,22,24)/t10-,11?,13?,14-,17+/m1/s1. The van der Waals surface area contributed by atoms with E-state index >= 15 is 0 Å². The maximum atomic E-state index is 13.7. The van der Waals surface area contributed by atoms with Gasteiger partial charge in [-0.05, 0) is 30.6 Å². The molecule has 5 atom stereocenters. The summed E-state index contributed by atoms with van der Waals surface area (Å²) in [7, 11) is 0. The Kier molecular flexibility index (Phi) is 6.41. The molecule has 2 aliphatic rings. The molecule has 0 amide bonds. The number of halogens is 1. The predicted molar refractivity (Wildman–Crippen MR) is 101 cm³/mol. The summed E-state index contributed by atoms with van der Waals surface area (Å²) in [5, 5.41) is 2.75. The molecule has 1 saturated heterocycles. The number of carbonyl (C=O) groups excluding carboxylic acids is 1. The highest BCUT2D eigenvalue weighted by Crippen LogP contribution is 2.36. The van der Waals surface area contributed by atoms with E-state index in [2.05, 4.69) is 36.1 Å². The van der Waals surface area contributed by atoms with Crippen LogP contribution >= 0.6 is 11.8 Å². The fraction of sp³-hybridized carbons (Fsp3) is 0.722. The van der Waals surface area contributed by atoms with Crippen LogP contribution in [-0.2, 0) is 14.3 Å². The zero-order valence-corrected chi connectivity index (χ0v) is 16.6. The number of hydrogen-bond donors (Lipinski definition) is 2. The Balaban J connectivity index is 1.57. The monoisotopic (exact) mass is 399 g/mol. The first-order valence-corrected chi connectivity index (χ1v) is 10.4. The quantitative estimate of drug-likeness (QED) is 0.735. The second-order valence-electron chi connectivity index (χ2n) is 7.65. The minimum atomic E-state index is -0.760. The number of ether oxygens (including phenoxy) is 2. The van der Waals surface area contributed by atoms with Crippen molar-refractivity contribution in [2.45, 2.75) is 57.8 Å². The van der Waals surface area contributed by atoms with Gasteiger partial charge in [-0.3, -0.25) is 4.98 Å². The normalized spacial score (nSPS) is 31.1. The topological polar surface area (TPSA) is 93.3 Å². The van der Waals surface area contributed by atoms with Crippen molar-refractivity contribution in [3.05, 3.63) is 22.5 Å².